The molecule has 1 aliphatic rings. The van der Waals surface area contributed by atoms with E-state index in [1.165, 1.54) is 0 Å². The molecule has 0 bridgehead atoms. The van der Waals surface area contributed by atoms with Crippen LogP contribution in [0, 0.1) is 0 Å². The van der Waals surface area contributed by atoms with Gasteiger partial charge in [0, 0.05) is 26.2 Å². The van der Waals surface area contributed by atoms with Crippen molar-refractivity contribution in [2.75, 3.05) is 31.1 Å². The molecule has 0 radical (unpaired) electrons. The standard InChI is InChI=1S/C8H13BN2O3.C2H6/c12-9(13)8-5-7(6-14-8)11-3-1-10-2-4-11;1-2/h5-6,10,12-13H,1-4H2;1-2H3. The van der Waals surface area contributed by atoms with Crippen molar-refractivity contribution in [3.8, 4) is 0 Å². The second kappa shape index (κ2) is 6.57. The Kier molecular flexibility index (Phi) is 5.38. The maximum absolute atomic E-state index is 8.87. The van der Waals surface area contributed by atoms with Crippen LogP contribution in [0.4, 0.5) is 5.69 Å². The second-order valence-corrected chi connectivity index (χ2v) is 3.32. The van der Waals surface area contributed by atoms with Gasteiger partial charge in [0.25, 0.3) is 0 Å². The summed E-state index contributed by atoms with van der Waals surface area (Å²) in [5.74, 6) is 0. The summed E-state index contributed by atoms with van der Waals surface area (Å²) in [6, 6.07) is 1.66. The smallest absolute Gasteiger partial charge is 0.471 e. The van der Waals surface area contributed by atoms with Crippen molar-refractivity contribution < 1.29 is 14.5 Å². The number of furan rings is 1. The molecule has 0 aromatic carbocycles. The Labute approximate surface area is 96.2 Å². The van der Waals surface area contributed by atoms with E-state index < -0.39 is 7.12 Å². The third-order valence-corrected chi connectivity index (χ3v) is 2.34. The van der Waals surface area contributed by atoms with E-state index in [4.69, 9.17) is 14.5 Å². The first-order valence-electron chi connectivity index (χ1n) is 5.67. The molecule has 2 rings (SSSR count). The lowest BCUT2D eigenvalue weighted by Gasteiger charge is -2.27. The van der Waals surface area contributed by atoms with Gasteiger partial charge in [-0.2, -0.15) is 0 Å². The van der Waals surface area contributed by atoms with Crippen LogP contribution in [0.1, 0.15) is 13.8 Å². The topological polar surface area (TPSA) is 68.9 Å². The van der Waals surface area contributed by atoms with Crippen LogP contribution in [0.3, 0.4) is 0 Å². The van der Waals surface area contributed by atoms with Crippen molar-refractivity contribution in [1.82, 2.24) is 5.32 Å². The van der Waals surface area contributed by atoms with Gasteiger partial charge in [0.1, 0.15) is 11.9 Å². The van der Waals surface area contributed by atoms with Crippen molar-refractivity contribution >= 4 is 18.5 Å². The van der Waals surface area contributed by atoms with E-state index in [0.717, 1.165) is 31.9 Å². The van der Waals surface area contributed by atoms with Gasteiger partial charge in [-0.25, -0.2) is 0 Å². The summed E-state index contributed by atoms with van der Waals surface area (Å²) in [5, 5.41) is 21.0. The van der Waals surface area contributed by atoms with E-state index in [1.54, 1.807) is 12.3 Å². The zero-order valence-electron chi connectivity index (χ0n) is 9.81. The molecule has 0 amide bonds. The molecule has 5 nitrogen and oxygen atoms in total. The SMILES string of the molecule is CC.OB(O)c1cc(N2CCNCC2)co1. The predicted octanol–water partition coefficient (Wildman–Crippen LogP) is -0.605. The Morgan fingerprint density at radius 1 is 1.31 bits per heavy atom. The van der Waals surface area contributed by atoms with Gasteiger partial charge in [-0.3, -0.25) is 0 Å². The lowest BCUT2D eigenvalue weighted by Crippen LogP contribution is -2.43. The molecule has 16 heavy (non-hydrogen) atoms. The first-order valence-corrected chi connectivity index (χ1v) is 5.67. The molecule has 90 valence electrons. The van der Waals surface area contributed by atoms with Crippen LogP contribution in [0.2, 0.25) is 0 Å². The molecule has 0 unspecified atom stereocenters. The zero-order valence-corrected chi connectivity index (χ0v) is 9.81. The van der Waals surface area contributed by atoms with Gasteiger partial charge >= 0.3 is 7.12 Å². The van der Waals surface area contributed by atoms with E-state index in [1.807, 2.05) is 13.8 Å². The first-order chi connectivity index (χ1) is 7.77. The molecule has 1 aromatic rings. The van der Waals surface area contributed by atoms with Gasteiger partial charge in [0.2, 0.25) is 0 Å². The monoisotopic (exact) mass is 226 g/mol. The highest BCUT2D eigenvalue weighted by Gasteiger charge is 2.19. The van der Waals surface area contributed by atoms with Crippen molar-refractivity contribution in [3.05, 3.63) is 12.3 Å². The zero-order chi connectivity index (χ0) is 12.0. The van der Waals surface area contributed by atoms with Crippen molar-refractivity contribution in [2.45, 2.75) is 13.8 Å². The number of hydrogen-bond donors (Lipinski definition) is 3. The minimum absolute atomic E-state index is 0.193. The summed E-state index contributed by atoms with van der Waals surface area (Å²) in [6.45, 7) is 7.73. The summed E-state index contributed by atoms with van der Waals surface area (Å²) in [4.78, 5) is 2.14. The minimum Gasteiger partial charge on any atom is -0.471 e. The highest BCUT2D eigenvalue weighted by Crippen LogP contribution is 2.13. The molecule has 0 spiro atoms. The number of piperazine rings is 1. The van der Waals surface area contributed by atoms with Gasteiger partial charge in [0.15, 0.2) is 0 Å². The fourth-order valence-electron chi connectivity index (χ4n) is 1.57. The highest BCUT2D eigenvalue weighted by molar-refractivity contribution is 6.57. The van der Waals surface area contributed by atoms with Crippen molar-refractivity contribution in [3.63, 3.8) is 0 Å². The van der Waals surface area contributed by atoms with Crippen LogP contribution in [0.25, 0.3) is 0 Å². The molecule has 0 atom stereocenters. The summed E-state index contributed by atoms with van der Waals surface area (Å²) >= 11 is 0. The van der Waals surface area contributed by atoms with Crippen LogP contribution >= 0.6 is 0 Å². The van der Waals surface area contributed by atoms with Gasteiger partial charge in [-0.05, 0) is 6.07 Å². The van der Waals surface area contributed by atoms with E-state index in [-0.39, 0.29) is 5.66 Å². The Balaban J connectivity index is 0.000000606. The van der Waals surface area contributed by atoms with Crippen LogP contribution in [0.5, 0.6) is 0 Å². The fraction of sp³-hybridized carbons (Fsp3) is 0.600. The third kappa shape index (κ3) is 3.26. The second-order valence-electron chi connectivity index (χ2n) is 3.32. The maximum atomic E-state index is 8.87. The van der Waals surface area contributed by atoms with Gasteiger partial charge in [-0.1, -0.05) is 13.8 Å². The Hall–Kier alpha value is -0.975. The predicted molar refractivity (Wildman–Crippen MR) is 65.0 cm³/mol. The third-order valence-electron chi connectivity index (χ3n) is 2.34. The number of nitrogens with one attached hydrogen (secondary N) is 1. The lowest BCUT2D eigenvalue weighted by atomic mass is 9.88. The minimum atomic E-state index is -1.52. The van der Waals surface area contributed by atoms with E-state index >= 15 is 0 Å². The Morgan fingerprint density at radius 2 is 1.94 bits per heavy atom. The average Bonchev–Trinajstić information content (AvgIpc) is 2.82. The molecular weight excluding hydrogens is 207 g/mol. The molecule has 1 fully saturated rings. The molecule has 0 saturated carbocycles. The number of nitrogens with zero attached hydrogens (tertiary/aromatic N) is 1. The van der Waals surface area contributed by atoms with Crippen molar-refractivity contribution in [2.24, 2.45) is 0 Å². The Morgan fingerprint density at radius 3 is 2.44 bits per heavy atom. The number of hydrogen-bond acceptors (Lipinski definition) is 5. The van der Waals surface area contributed by atoms with Crippen LogP contribution in [0.15, 0.2) is 16.7 Å². The summed E-state index contributed by atoms with van der Waals surface area (Å²) in [7, 11) is -1.52. The van der Waals surface area contributed by atoms with Crippen LogP contribution in [-0.4, -0.2) is 43.3 Å². The fourth-order valence-corrected chi connectivity index (χ4v) is 1.57. The maximum Gasteiger partial charge on any atom is 0.526 e. The molecule has 3 N–H and O–H groups in total. The first kappa shape index (κ1) is 13.1. The van der Waals surface area contributed by atoms with E-state index in [2.05, 4.69) is 10.2 Å². The summed E-state index contributed by atoms with van der Waals surface area (Å²) < 4.78 is 5.02. The molecule has 6 heteroatoms. The molecule has 0 aliphatic carbocycles. The molecule has 2 heterocycles. The van der Waals surface area contributed by atoms with Gasteiger partial charge in [0.05, 0.1) is 5.69 Å². The largest absolute Gasteiger partial charge is 0.526 e. The lowest BCUT2D eigenvalue weighted by molar-refractivity contribution is 0.409. The van der Waals surface area contributed by atoms with E-state index in [0.29, 0.717) is 0 Å². The molecule has 1 aliphatic heterocycles. The average molecular weight is 226 g/mol. The highest BCUT2D eigenvalue weighted by atomic mass is 16.4. The molecule has 1 aromatic heterocycles. The Bertz CT molecular complexity index is 298. The number of anilines is 1. The summed E-state index contributed by atoms with van der Waals surface area (Å²) in [6.07, 6.45) is 1.56. The summed E-state index contributed by atoms with van der Waals surface area (Å²) in [5.41, 5.74) is 1.10. The van der Waals surface area contributed by atoms with Crippen LogP contribution in [-0.2, 0) is 0 Å². The molecular formula is C10H19BN2O3. The van der Waals surface area contributed by atoms with Crippen LogP contribution < -0.4 is 15.9 Å². The van der Waals surface area contributed by atoms with E-state index in [9.17, 15) is 0 Å². The normalized spacial score (nSPS) is 15.4. The van der Waals surface area contributed by atoms with Gasteiger partial charge < -0.3 is 24.7 Å². The number of rotatable bonds is 2. The quantitative estimate of drug-likeness (QED) is 0.587. The van der Waals surface area contributed by atoms with Crippen molar-refractivity contribution in [1.29, 1.82) is 0 Å². The molecule has 1 saturated heterocycles. The van der Waals surface area contributed by atoms with Gasteiger partial charge in [-0.15, -0.1) is 0 Å².